The quantitative estimate of drug-likeness (QED) is 0.483. The zero-order valence-corrected chi connectivity index (χ0v) is 8.93. The van der Waals surface area contributed by atoms with Gasteiger partial charge in [-0.05, 0) is 12.8 Å². The van der Waals surface area contributed by atoms with Gasteiger partial charge in [0.1, 0.15) is 0 Å². The van der Waals surface area contributed by atoms with Crippen LogP contribution in [0.2, 0.25) is 0 Å². The Hall–Kier alpha value is -1.14. The highest BCUT2D eigenvalue weighted by Crippen LogP contribution is 2.31. The highest BCUT2D eigenvalue weighted by molar-refractivity contribution is 5.85. The number of amides is 1. The van der Waals surface area contributed by atoms with Gasteiger partial charge in [-0.15, -0.1) is 0 Å². The summed E-state index contributed by atoms with van der Waals surface area (Å²) in [6.07, 6.45) is 0.833. The van der Waals surface area contributed by atoms with Crippen molar-refractivity contribution in [2.45, 2.75) is 25.4 Å². The van der Waals surface area contributed by atoms with E-state index in [2.05, 4.69) is 5.32 Å². The number of rotatable bonds is 5. The number of nitrogens with one attached hydrogen (secondary N) is 1. The molecule has 3 unspecified atom stereocenters. The first kappa shape index (κ1) is 12.9. The highest BCUT2D eigenvalue weighted by Gasteiger charge is 2.37. The van der Waals surface area contributed by atoms with Gasteiger partial charge in [0.15, 0.2) is 0 Å². The van der Waals surface area contributed by atoms with Crippen LogP contribution >= 0.6 is 0 Å². The molecule has 0 aromatic rings. The summed E-state index contributed by atoms with van der Waals surface area (Å²) >= 11 is 0. The lowest BCUT2D eigenvalue weighted by Gasteiger charge is -2.16. The van der Waals surface area contributed by atoms with E-state index in [1.807, 2.05) is 0 Å². The van der Waals surface area contributed by atoms with Crippen LogP contribution in [0.1, 0.15) is 19.3 Å². The van der Waals surface area contributed by atoms with Crippen LogP contribution in [-0.4, -0.2) is 46.5 Å². The van der Waals surface area contributed by atoms with Gasteiger partial charge in [0.05, 0.1) is 24.5 Å². The van der Waals surface area contributed by atoms with E-state index in [9.17, 15) is 9.59 Å². The molecule has 6 heteroatoms. The summed E-state index contributed by atoms with van der Waals surface area (Å²) in [6.45, 7) is -0.467. The third-order valence-electron chi connectivity index (χ3n) is 2.89. The van der Waals surface area contributed by atoms with Gasteiger partial charge in [-0.25, -0.2) is 0 Å². The van der Waals surface area contributed by atoms with Crippen LogP contribution in [-0.2, 0) is 9.59 Å². The number of aliphatic hydroxyl groups is 2. The number of carbonyl (C=O) groups is 2. The number of aliphatic carboxylic acids is 1. The molecule has 1 aliphatic carbocycles. The fraction of sp³-hybridized carbons (Fsp3) is 0.800. The maximum absolute atomic E-state index is 11.6. The van der Waals surface area contributed by atoms with Gasteiger partial charge in [-0.1, -0.05) is 6.42 Å². The van der Waals surface area contributed by atoms with E-state index in [0.29, 0.717) is 12.8 Å². The van der Waals surface area contributed by atoms with E-state index < -0.39 is 30.5 Å². The summed E-state index contributed by atoms with van der Waals surface area (Å²) in [5.74, 6) is -2.42. The van der Waals surface area contributed by atoms with Gasteiger partial charge in [-0.3, -0.25) is 9.59 Å². The van der Waals surface area contributed by atoms with Crippen molar-refractivity contribution in [3.8, 4) is 0 Å². The van der Waals surface area contributed by atoms with E-state index in [1.165, 1.54) is 0 Å². The third-order valence-corrected chi connectivity index (χ3v) is 2.89. The molecule has 1 aliphatic rings. The Morgan fingerprint density at radius 2 is 1.94 bits per heavy atom. The normalized spacial score (nSPS) is 26.4. The van der Waals surface area contributed by atoms with Crippen LogP contribution in [0.25, 0.3) is 0 Å². The summed E-state index contributed by atoms with van der Waals surface area (Å²) in [5.41, 5.74) is 0. The van der Waals surface area contributed by atoms with E-state index in [1.54, 1.807) is 0 Å². The fourth-order valence-electron chi connectivity index (χ4n) is 1.98. The predicted molar refractivity (Wildman–Crippen MR) is 54.6 cm³/mol. The number of aliphatic hydroxyl groups excluding tert-OH is 2. The molecule has 0 saturated heterocycles. The van der Waals surface area contributed by atoms with Crippen LogP contribution in [0.4, 0.5) is 0 Å². The van der Waals surface area contributed by atoms with Crippen LogP contribution in [0.15, 0.2) is 0 Å². The van der Waals surface area contributed by atoms with Gasteiger partial charge >= 0.3 is 5.97 Å². The molecule has 1 rings (SSSR count). The van der Waals surface area contributed by atoms with Gasteiger partial charge in [0, 0.05) is 6.54 Å². The number of hydrogen-bond donors (Lipinski definition) is 4. The van der Waals surface area contributed by atoms with Gasteiger partial charge < -0.3 is 20.6 Å². The SMILES string of the molecule is O=C(O)C1CCCC1C(=O)NCC(O)CO. The fourth-order valence-corrected chi connectivity index (χ4v) is 1.98. The Morgan fingerprint density at radius 3 is 2.50 bits per heavy atom. The summed E-state index contributed by atoms with van der Waals surface area (Å²) in [7, 11) is 0. The average molecular weight is 231 g/mol. The summed E-state index contributed by atoms with van der Waals surface area (Å²) in [5, 5.41) is 28.9. The number of carboxylic acids is 1. The Labute approximate surface area is 93.3 Å². The van der Waals surface area contributed by atoms with Gasteiger partial charge in [0.25, 0.3) is 0 Å². The molecule has 3 atom stereocenters. The van der Waals surface area contributed by atoms with Crippen LogP contribution in [0.3, 0.4) is 0 Å². The van der Waals surface area contributed by atoms with E-state index in [4.69, 9.17) is 15.3 Å². The zero-order chi connectivity index (χ0) is 12.1. The molecule has 92 valence electrons. The minimum atomic E-state index is -0.992. The molecule has 0 aliphatic heterocycles. The molecule has 0 bridgehead atoms. The molecular formula is C10H17NO5. The molecule has 16 heavy (non-hydrogen) atoms. The van der Waals surface area contributed by atoms with E-state index in [-0.39, 0.29) is 12.5 Å². The first-order valence-electron chi connectivity index (χ1n) is 5.35. The van der Waals surface area contributed by atoms with Crippen molar-refractivity contribution in [2.24, 2.45) is 11.8 Å². The second kappa shape index (κ2) is 5.81. The van der Waals surface area contributed by atoms with Crippen molar-refractivity contribution in [3.63, 3.8) is 0 Å². The Bertz CT molecular complexity index is 268. The summed E-state index contributed by atoms with van der Waals surface area (Å²) in [6, 6.07) is 0. The maximum atomic E-state index is 11.6. The largest absolute Gasteiger partial charge is 0.481 e. The number of carbonyl (C=O) groups excluding carboxylic acids is 1. The van der Waals surface area contributed by atoms with Gasteiger partial charge in [0.2, 0.25) is 5.91 Å². The topological polar surface area (TPSA) is 107 Å². The molecule has 4 N–H and O–H groups in total. The Morgan fingerprint density at radius 1 is 1.31 bits per heavy atom. The lowest BCUT2D eigenvalue weighted by Crippen LogP contribution is -2.40. The van der Waals surface area contributed by atoms with E-state index >= 15 is 0 Å². The van der Waals surface area contributed by atoms with Gasteiger partial charge in [-0.2, -0.15) is 0 Å². The molecule has 0 heterocycles. The minimum Gasteiger partial charge on any atom is -0.481 e. The molecule has 1 saturated carbocycles. The number of carboxylic acid groups (broad SMARTS) is 1. The Kier molecular flexibility index (Phi) is 4.70. The molecule has 0 aromatic heterocycles. The number of hydrogen-bond acceptors (Lipinski definition) is 4. The average Bonchev–Trinajstić information content (AvgIpc) is 2.74. The van der Waals surface area contributed by atoms with Crippen molar-refractivity contribution in [2.75, 3.05) is 13.2 Å². The maximum Gasteiger partial charge on any atom is 0.307 e. The van der Waals surface area contributed by atoms with Crippen molar-refractivity contribution in [1.29, 1.82) is 0 Å². The third kappa shape index (κ3) is 3.18. The predicted octanol–water partition coefficient (Wildman–Crippen LogP) is -1.04. The molecule has 0 spiro atoms. The van der Waals surface area contributed by atoms with Crippen LogP contribution in [0.5, 0.6) is 0 Å². The van der Waals surface area contributed by atoms with Crippen LogP contribution < -0.4 is 5.32 Å². The highest BCUT2D eigenvalue weighted by atomic mass is 16.4. The lowest BCUT2D eigenvalue weighted by atomic mass is 9.95. The molecule has 1 fully saturated rings. The standard InChI is InChI=1S/C10H17NO5/c12-5-6(13)4-11-9(14)7-2-1-3-8(7)10(15)16/h6-8,12-13H,1-5H2,(H,11,14)(H,15,16). The molecule has 0 radical (unpaired) electrons. The van der Waals surface area contributed by atoms with Crippen molar-refractivity contribution in [1.82, 2.24) is 5.32 Å². The lowest BCUT2D eigenvalue weighted by molar-refractivity contribution is -0.146. The first-order chi connectivity index (χ1) is 7.56. The minimum absolute atomic E-state index is 0.0435. The van der Waals surface area contributed by atoms with E-state index in [0.717, 1.165) is 6.42 Å². The second-order valence-electron chi connectivity index (χ2n) is 4.06. The zero-order valence-electron chi connectivity index (χ0n) is 8.93. The van der Waals surface area contributed by atoms with Crippen molar-refractivity contribution < 1.29 is 24.9 Å². The second-order valence-corrected chi connectivity index (χ2v) is 4.06. The smallest absolute Gasteiger partial charge is 0.307 e. The molecular weight excluding hydrogens is 214 g/mol. The Balaban J connectivity index is 2.44. The van der Waals surface area contributed by atoms with Crippen LogP contribution in [0, 0.1) is 11.8 Å². The molecule has 6 nitrogen and oxygen atoms in total. The van der Waals surface area contributed by atoms with Crippen molar-refractivity contribution >= 4 is 11.9 Å². The molecule has 1 amide bonds. The van der Waals surface area contributed by atoms with Crippen molar-refractivity contribution in [3.05, 3.63) is 0 Å². The first-order valence-corrected chi connectivity index (χ1v) is 5.35. The monoisotopic (exact) mass is 231 g/mol. The summed E-state index contributed by atoms with van der Waals surface area (Å²) < 4.78 is 0. The summed E-state index contributed by atoms with van der Waals surface area (Å²) in [4.78, 5) is 22.5. The molecule has 0 aromatic carbocycles.